The van der Waals surface area contributed by atoms with E-state index in [1.54, 1.807) is 24.4 Å². The van der Waals surface area contributed by atoms with E-state index in [0.717, 1.165) is 5.56 Å². The van der Waals surface area contributed by atoms with Crippen molar-refractivity contribution in [3.05, 3.63) is 52.4 Å². The minimum Gasteiger partial charge on any atom is -0.387 e. The van der Waals surface area contributed by atoms with Gasteiger partial charge in [-0.05, 0) is 42.3 Å². The van der Waals surface area contributed by atoms with Crippen LogP contribution >= 0.6 is 30.8 Å². The van der Waals surface area contributed by atoms with E-state index in [9.17, 15) is 14.8 Å². The number of anilines is 1. The molecule has 0 bridgehead atoms. The Bertz CT molecular complexity index is 1210. The Hall–Kier alpha value is -1.79. The lowest BCUT2D eigenvalue weighted by molar-refractivity contribution is -0.0610. The number of nitrogens with one attached hydrogen (secondary N) is 1. The number of ether oxygens (including phenoxy) is 2. The number of hydrogen-bond donors (Lipinski definition) is 5. The molecule has 5 N–H and O–H groups in total. The van der Waals surface area contributed by atoms with E-state index in [1.807, 2.05) is 19.1 Å². The van der Waals surface area contributed by atoms with Gasteiger partial charge in [-0.3, -0.25) is 4.57 Å². The van der Waals surface area contributed by atoms with Crippen molar-refractivity contribution in [2.24, 2.45) is 0 Å². The molecule has 34 heavy (non-hydrogen) atoms. The predicted octanol–water partition coefficient (Wildman–Crippen LogP) is 2.68. The summed E-state index contributed by atoms with van der Waals surface area (Å²) in [7, 11) is -4.37. The number of rotatable bonds is 8. The van der Waals surface area contributed by atoms with Crippen molar-refractivity contribution in [3.8, 4) is 0 Å². The van der Waals surface area contributed by atoms with Crippen molar-refractivity contribution in [2.75, 3.05) is 18.3 Å². The molecule has 184 valence electrons. The Morgan fingerprint density at radius 3 is 2.56 bits per heavy atom. The summed E-state index contributed by atoms with van der Waals surface area (Å²) >= 11 is 12.1. The van der Waals surface area contributed by atoms with Gasteiger partial charge in [-0.25, -0.2) is 4.98 Å². The van der Waals surface area contributed by atoms with Gasteiger partial charge in [0.2, 0.25) is 5.28 Å². The van der Waals surface area contributed by atoms with Gasteiger partial charge in [-0.1, -0.05) is 23.7 Å². The van der Waals surface area contributed by atoms with Crippen LogP contribution in [-0.4, -0.2) is 65.8 Å². The van der Waals surface area contributed by atoms with Gasteiger partial charge in [0.05, 0.1) is 12.0 Å². The number of fused-ring (bicyclic) bond motifs is 1. The molecule has 0 aliphatic carbocycles. The van der Waals surface area contributed by atoms with Gasteiger partial charge in [0.25, 0.3) is 0 Å². The molecule has 5 atom stereocenters. The highest BCUT2D eigenvalue weighted by molar-refractivity contribution is 7.51. The first kappa shape index (κ1) is 25.3. The van der Waals surface area contributed by atoms with Crippen LogP contribution in [0.3, 0.4) is 0 Å². The summed E-state index contributed by atoms with van der Waals surface area (Å²) in [4.78, 5) is 26.4. The second kappa shape index (κ2) is 10.1. The van der Waals surface area contributed by atoms with E-state index in [1.165, 1.54) is 4.57 Å². The Kier molecular flexibility index (Phi) is 7.49. The minimum absolute atomic E-state index is 0.0344. The van der Waals surface area contributed by atoms with Crippen LogP contribution in [0.5, 0.6) is 0 Å². The van der Waals surface area contributed by atoms with Gasteiger partial charge in [0.15, 0.2) is 6.23 Å². The first-order valence-corrected chi connectivity index (χ1v) is 12.8. The lowest BCUT2D eigenvalue weighted by atomic mass is 10.1. The lowest BCUT2D eigenvalue weighted by Gasteiger charge is -2.19. The van der Waals surface area contributed by atoms with Gasteiger partial charge in [-0.15, -0.1) is 0 Å². The maximum absolute atomic E-state index is 11.0. The van der Waals surface area contributed by atoms with E-state index < -0.39 is 38.5 Å². The number of aliphatic hydroxyl groups excluding tert-OH is 2. The molecule has 1 saturated heterocycles. The largest absolute Gasteiger partial charge is 0.387 e. The maximum Gasteiger partial charge on any atom is 0.350 e. The van der Waals surface area contributed by atoms with Crippen LogP contribution in [-0.2, 0) is 14.0 Å². The minimum atomic E-state index is -4.37. The highest BCUT2D eigenvalue weighted by Crippen LogP contribution is 2.37. The quantitative estimate of drug-likeness (QED) is 0.215. The highest BCUT2D eigenvalue weighted by Gasteiger charge is 2.44. The van der Waals surface area contributed by atoms with Crippen molar-refractivity contribution in [2.45, 2.75) is 37.5 Å². The maximum atomic E-state index is 11.0. The smallest absolute Gasteiger partial charge is 0.350 e. The topological polar surface area (TPSA) is 159 Å². The predicted molar refractivity (Wildman–Crippen MR) is 125 cm³/mol. The van der Waals surface area contributed by atoms with Crippen molar-refractivity contribution < 1.29 is 34.0 Å². The average Bonchev–Trinajstić information content (AvgIpc) is 3.29. The fraction of sp³-hybridized carbons (Fsp3) is 0.400. The third-order valence-corrected chi connectivity index (χ3v) is 6.36. The summed E-state index contributed by atoms with van der Waals surface area (Å²) in [5, 5.41) is 25.4. The van der Waals surface area contributed by atoms with E-state index in [-0.39, 0.29) is 17.9 Å². The third-order valence-electron chi connectivity index (χ3n) is 5.42. The molecule has 1 aliphatic heterocycles. The molecule has 4 rings (SSSR count). The molecule has 1 aromatic carbocycles. The molecule has 11 nitrogen and oxygen atoms in total. The van der Waals surface area contributed by atoms with Crippen LogP contribution in [0.15, 0.2) is 36.5 Å². The third kappa shape index (κ3) is 5.54. The molecule has 2 aromatic heterocycles. The number of aliphatic hydroxyl groups is 2. The SMILES string of the molecule is C[C@@H](Nc1nc(Cl)nc2c1ccn2[C@@H]1O[C@H](COCP(=O)(O)O)[C@@H](O)[C@H]1O)c1ccc(Cl)cc1. The lowest BCUT2D eigenvalue weighted by Crippen LogP contribution is -2.33. The van der Waals surface area contributed by atoms with Gasteiger partial charge >= 0.3 is 7.60 Å². The normalized spacial score (nSPS) is 24.0. The van der Waals surface area contributed by atoms with Crippen LogP contribution in [0, 0.1) is 0 Å². The highest BCUT2D eigenvalue weighted by atomic mass is 35.5. The summed E-state index contributed by atoms with van der Waals surface area (Å²) in [5.74, 6) is 0.464. The molecule has 1 aliphatic rings. The molecule has 3 aromatic rings. The van der Waals surface area contributed by atoms with E-state index in [0.29, 0.717) is 21.9 Å². The Morgan fingerprint density at radius 1 is 1.18 bits per heavy atom. The Labute approximate surface area is 204 Å². The number of halogens is 2. The van der Waals surface area contributed by atoms with Crippen LogP contribution in [0.1, 0.15) is 24.8 Å². The van der Waals surface area contributed by atoms with Crippen LogP contribution in [0.2, 0.25) is 10.3 Å². The molecule has 3 heterocycles. The molecule has 1 fully saturated rings. The van der Waals surface area contributed by atoms with Gasteiger partial charge in [0.1, 0.15) is 36.1 Å². The van der Waals surface area contributed by atoms with Gasteiger partial charge < -0.3 is 39.4 Å². The number of benzene rings is 1. The first-order valence-electron chi connectivity index (χ1n) is 10.2. The van der Waals surface area contributed by atoms with E-state index >= 15 is 0 Å². The monoisotopic (exact) mass is 532 g/mol. The van der Waals surface area contributed by atoms with Gasteiger partial charge in [0, 0.05) is 17.3 Å². The van der Waals surface area contributed by atoms with Crippen molar-refractivity contribution in [1.29, 1.82) is 0 Å². The zero-order valence-electron chi connectivity index (χ0n) is 17.8. The summed E-state index contributed by atoms with van der Waals surface area (Å²) in [6.07, 6.45) is -3.95. The molecular formula is C20H23Cl2N4O7P. The summed E-state index contributed by atoms with van der Waals surface area (Å²) in [6, 6.07) is 8.95. The number of nitrogens with zero attached hydrogens (tertiary/aromatic N) is 3. The van der Waals surface area contributed by atoms with Crippen molar-refractivity contribution >= 4 is 47.6 Å². The number of aromatic nitrogens is 3. The van der Waals surface area contributed by atoms with Crippen LogP contribution in [0.4, 0.5) is 5.82 Å². The summed E-state index contributed by atoms with van der Waals surface area (Å²) in [6.45, 7) is 1.63. The molecular weight excluding hydrogens is 510 g/mol. The summed E-state index contributed by atoms with van der Waals surface area (Å²) < 4.78 is 23.2. The molecule has 0 spiro atoms. The molecule has 0 unspecified atom stereocenters. The summed E-state index contributed by atoms with van der Waals surface area (Å²) in [5.41, 5.74) is 1.33. The molecule has 0 saturated carbocycles. The molecule has 14 heteroatoms. The zero-order valence-corrected chi connectivity index (χ0v) is 20.2. The molecule has 0 radical (unpaired) electrons. The average molecular weight is 533 g/mol. The zero-order chi connectivity index (χ0) is 24.6. The van der Waals surface area contributed by atoms with E-state index in [4.69, 9.17) is 42.5 Å². The number of hydrogen-bond acceptors (Lipinski definition) is 8. The fourth-order valence-electron chi connectivity index (χ4n) is 3.75. The van der Waals surface area contributed by atoms with Crippen molar-refractivity contribution in [1.82, 2.24) is 14.5 Å². The Morgan fingerprint density at radius 2 is 1.88 bits per heavy atom. The van der Waals surface area contributed by atoms with Crippen molar-refractivity contribution in [3.63, 3.8) is 0 Å². The second-order valence-electron chi connectivity index (χ2n) is 7.93. The van der Waals surface area contributed by atoms with E-state index in [2.05, 4.69) is 15.3 Å². The molecule has 0 amide bonds. The van der Waals surface area contributed by atoms with Crippen LogP contribution in [0.25, 0.3) is 11.0 Å². The van der Waals surface area contributed by atoms with Crippen LogP contribution < -0.4 is 5.32 Å². The fourth-order valence-corrected chi connectivity index (χ4v) is 4.38. The standard InChI is InChI=1S/C20H23Cl2N4O7P/c1-10(11-2-4-12(21)5-3-11)23-17-13-6-7-26(18(13)25-20(22)24-17)19-16(28)15(27)14(33-19)8-32-9-34(29,30)31/h2-7,10,14-16,19,27-28H,8-9H2,1H3,(H,23,24,25)(H2,29,30,31)/t10-,14-,15-,16-,19-/m1/s1. The first-order chi connectivity index (χ1) is 16.0. The second-order valence-corrected chi connectivity index (χ2v) is 10.3. The Balaban J connectivity index is 1.56. The van der Waals surface area contributed by atoms with Gasteiger partial charge in [-0.2, -0.15) is 4.98 Å².